The molecule has 0 aliphatic rings. The third kappa shape index (κ3) is 2.80. The number of hydrogen-bond donors (Lipinski definition) is 0. The molecule has 0 unspecified atom stereocenters. The quantitative estimate of drug-likeness (QED) is 0.691. The van der Waals surface area contributed by atoms with Gasteiger partial charge >= 0.3 is 0 Å². The molecule has 3 aromatic rings. The first-order valence-electron chi connectivity index (χ1n) is 6.93. The van der Waals surface area contributed by atoms with E-state index >= 15 is 0 Å². The zero-order valence-electron chi connectivity index (χ0n) is 12.4. The van der Waals surface area contributed by atoms with Crippen molar-refractivity contribution in [2.75, 3.05) is 0 Å². The molecule has 0 amide bonds. The molecule has 0 radical (unpaired) electrons. The molecule has 2 aromatic heterocycles. The molecule has 1 aromatic carbocycles. The Morgan fingerprint density at radius 1 is 1.09 bits per heavy atom. The number of pyridine rings is 1. The molecule has 0 bridgehead atoms. The van der Waals surface area contributed by atoms with E-state index in [1.54, 1.807) is 36.5 Å². The Hall–Kier alpha value is -2.73. The smallest absolute Gasteiger partial charge is 0.268 e. The number of hydrogen-bond acceptors (Lipinski definition) is 4. The predicted molar refractivity (Wildman–Crippen MR) is 86.8 cm³/mol. The standard InChI is InChI=1S/C17H14N2O3S/c1-13-5-7-16(8-6-13)23(21,22)19-11-14(10-15(19)12-20)17-4-2-3-9-18-17/h2-12H,1H3. The van der Waals surface area contributed by atoms with Gasteiger partial charge in [0.1, 0.15) is 0 Å². The van der Waals surface area contributed by atoms with Gasteiger partial charge < -0.3 is 0 Å². The average Bonchev–Trinajstić information content (AvgIpc) is 3.01. The fourth-order valence-corrected chi connectivity index (χ4v) is 3.59. The van der Waals surface area contributed by atoms with Crippen molar-refractivity contribution < 1.29 is 13.2 Å². The molecule has 5 nitrogen and oxygen atoms in total. The van der Waals surface area contributed by atoms with Crippen molar-refractivity contribution in [1.82, 2.24) is 8.96 Å². The number of aryl methyl sites for hydroxylation is 1. The maximum Gasteiger partial charge on any atom is 0.268 e. The van der Waals surface area contributed by atoms with Gasteiger partial charge in [-0.1, -0.05) is 23.8 Å². The van der Waals surface area contributed by atoms with E-state index in [2.05, 4.69) is 4.98 Å². The first kappa shape index (κ1) is 15.2. The topological polar surface area (TPSA) is 69.0 Å². The summed E-state index contributed by atoms with van der Waals surface area (Å²) in [6.45, 7) is 1.88. The molecule has 116 valence electrons. The van der Waals surface area contributed by atoms with Crippen LogP contribution in [0.5, 0.6) is 0 Å². The van der Waals surface area contributed by atoms with Crippen LogP contribution in [0.15, 0.2) is 65.8 Å². The minimum Gasteiger partial charge on any atom is -0.296 e. The van der Waals surface area contributed by atoms with Crippen molar-refractivity contribution in [3.63, 3.8) is 0 Å². The summed E-state index contributed by atoms with van der Waals surface area (Å²) in [6.07, 6.45) is 3.56. The van der Waals surface area contributed by atoms with Gasteiger partial charge in [-0.25, -0.2) is 12.4 Å². The van der Waals surface area contributed by atoms with Crippen molar-refractivity contribution in [1.29, 1.82) is 0 Å². The summed E-state index contributed by atoms with van der Waals surface area (Å²) >= 11 is 0. The van der Waals surface area contributed by atoms with Gasteiger partial charge in [0.2, 0.25) is 0 Å². The van der Waals surface area contributed by atoms with E-state index in [9.17, 15) is 13.2 Å². The fraction of sp³-hybridized carbons (Fsp3) is 0.0588. The number of aldehydes is 1. The Kier molecular flexibility index (Phi) is 3.83. The van der Waals surface area contributed by atoms with Crippen molar-refractivity contribution in [2.24, 2.45) is 0 Å². The second kappa shape index (κ2) is 5.81. The molecular weight excluding hydrogens is 312 g/mol. The molecule has 0 saturated heterocycles. The highest BCUT2D eigenvalue weighted by atomic mass is 32.2. The summed E-state index contributed by atoms with van der Waals surface area (Å²) in [5.74, 6) is 0. The van der Waals surface area contributed by atoms with Crippen LogP contribution < -0.4 is 0 Å². The van der Waals surface area contributed by atoms with Crippen LogP contribution in [0.25, 0.3) is 11.3 Å². The second-order valence-electron chi connectivity index (χ2n) is 5.10. The van der Waals surface area contributed by atoms with Crippen LogP contribution in [0.4, 0.5) is 0 Å². The number of benzene rings is 1. The number of aromatic nitrogens is 2. The molecule has 23 heavy (non-hydrogen) atoms. The van der Waals surface area contributed by atoms with Crippen LogP contribution in [0.1, 0.15) is 16.1 Å². The van der Waals surface area contributed by atoms with Crippen LogP contribution in [0, 0.1) is 6.92 Å². The highest BCUT2D eigenvalue weighted by Gasteiger charge is 2.21. The third-order valence-corrected chi connectivity index (χ3v) is 5.18. The van der Waals surface area contributed by atoms with E-state index in [0.29, 0.717) is 17.5 Å². The van der Waals surface area contributed by atoms with Crippen LogP contribution in [0.2, 0.25) is 0 Å². The lowest BCUT2D eigenvalue weighted by molar-refractivity contribution is 0.111. The Labute approximate surface area is 134 Å². The molecular formula is C17H14N2O3S. The van der Waals surface area contributed by atoms with E-state index in [1.165, 1.54) is 24.4 Å². The molecule has 0 spiro atoms. The van der Waals surface area contributed by atoms with Crippen molar-refractivity contribution in [2.45, 2.75) is 11.8 Å². The number of rotatable bonds is 4. The molecule has 0 aliphatic carbocycles. The van der Waals surface area contributed by atoms with E-state index < -0.39 is 10.0 Å². The van der Waals surface area contributed by atoms with Gasteiger partial charge in [-0.3, -0.25) is 9.78 Å². The van der Waals surface area contributed by atoms with Gasteiger partial charge in [0.05, 0.1) is 16.3 Å². The Morgan fingerprint density at radius 3 is 2.43 bits per heavy atom. The monoisotopic (exact) mass is 326 g/mol. The maximum atomic E-state index is 12.8. The first-order chi connectivity index (χ1) is 11.0. The normalized spacial score (nSPS) is 11.3. The number of carbonyl (C=O) groups is 1. The highest BCUT2D eigenvalue weighted by Crippen LogP contribution is 2.23. The summed E-state index contributed by atoms with van der Waals surface area (Å²) in [6, 6.07) is 13.3. The second-order valence-corrected chi connectivity index (χ2v) is 6.92. The Bertz CT molecular complexity index is 943. The SMILES string of the molecule is Cc1ccc(S(=O)(=O)n2cc(-c3ccccn3)cc2C=O)cc1. The van der Waals surface area contributed by atoms with Crippen LogP contribution in [-0.2, 0) is 10.0 Å². The van der Waals surface area contributed by atoms with Crippen LogP contribution >= 0.6 is 0 Å². The van der Waals surface area contributed by atoms with Gasteiger partial charge in [0.25, 0.3) is 10.0 Å². The average molecular weight is 326 g/mol. The molecule has 0 aliphatic heterocycles. The molecule has 0 saturated carbocycles. The zero-order valence-corrected chi connectivity index (χ0v) is 13.2. The largest absolute Gasteiger partial charge is 0.296 e. The highest BCUT2D eigenvalue weighted by molar-refractivity contribution is 7.90. The minimum atomic E-state index is -3.83. The van der Waals surface area contributed by atoms with Crippen molar-refractivity contribution >= 4 is 16.3 Å². The van der Waals surface area contributed by atoms with Gasteiger partial charge in [-0.2, -0.15) is 0 Å². The summed E-state index contributed by atoms with van der Waals surface area (Å²) in [4.78, 5) is 15.6. The van der Waals surface area contributed by atoms with Crippen LogP contribution in [-0.4, -0.2) is 23.7 Å². The zero-order chi connectivity index (χ0) is 16.4. The first-order valence-corrected chi connectivity index (χ1v) is 8.37. The van der Waals surface area contributed by atoms with E-state index in [-0.39, 0.29) is 10.6 Å². The lowest BCUT2D eigenvalue weighted by atomic mass is 10.2. The third-order valence-electron chi connectivity index (χ3n) is 3.47. The molecule has 0 N–H and O–H groups in total. The fourth-order valence-electron chi connectivity index (χ4n) is 2.25. The van der Waals surface area contributed by atoms with Crippen molar-refractivity contribution in [3.05, 3.63) is 72.2 Å². The van der Waals surface area contributed by atoms with Gasteiger partial charge in [0, 0.05) is 18.0 Å². The summed E-state index contributed by atoms with van der Waals surface area (Å²) in [5, 5.41) is 0. The Morgan fingerprint density at radius 2 is 1.83 bits per heavy atom. The summed E-state index contributed by atoms with van der Waals surface area (Å²) in [5.41, 5.74) is 2.20. The summed E-state index contributed by atoms with van der Waals surface area (Å²) < 4.78 is 26.5. The number of carbonyl (C=O) groups excluding carboxylic acids is 1. The predicted octanol–water partition coefficient (Wildman–Crippen LogP) is 2.91. The van der Waals surface area contributed by atoms with Gasteiger partial charge in [-0.05, 0) is 37.3 Å². The molecule has 0 atom stereocenters. The number of nitrogens with zero attached hydrogens (tertiary/aromatic N) is 2. The van der Waals surface area contributed by atoms with E-state index in [0.717, 1.165) is 9.54 Å². The van der Waals surface area contributed by atoms with E-state index in [1.807, 2.05) is 6.92 Å². The lowest BCUT2D eigenvalue weighted by Crippen LogP contribution is -2.14. The van der Waals surface area contributed by atoms with E-state index in [4.69, 9.17) is 0 Å². The van der Waals surface area contributed by atoms with Crippen molar-refractivity contribution in [3.8, 4) is 11.3 Å². The van der Waals surface area contributed by atoms with Crippen LogP contribution in [0.3, 0.4) is 0 Å². The lowest BCUT2D eigenvalue weighted by Gasteiger charge is -2.07. The van der Waals surface area contributed by atoms with Gasteiger partial charge in [-0.15, -0.1) is 0 Å². The molecule has 2 heterocycles. The molecule has 3 rings (SSSR count). The minimum absolute atomic E-state index is 0.0613. The molecule has 6 heteroatoms. The summed E-state index contributed by atoms with van der Waals surface area (Å²) in [7, 11) is -3.83. The maximum absolute atomic E-state index is 12.8. The Balaban J connectivity index is 2.14. The van der Waals surface area contributed by atoms with Gasteiger partial charge in [0.15, 0.2) is 6.29 Å². The molecule has 0 fully saturated rings.